The Labute approximate surface area is 176 Å². The van der Waals surface area contributed by atoms with Crippen molar-refractivity contribution in [3.63, 3.8) is 0 Å². The van der Waals surface area contributed by atoms with E-state index in [0.717, 1.165) is 24.3 Å². The molecule has 0 radical (unpaired) electrons. The van der Waals surface area contributed by atoms with E-state index in [9.17, 15) is 31.2 Å². The van der Waals surface area contributed by atoms with Gasteiger partial charge in [0.15, 0.2) is 0 Å². The number of carbonyl (C=O) groups excluding carboxylic acids is 2. The quantitative estimate of drug-likeness (QED) is 0.409. The van der Waals surface area contributed by atoms with E-state index >= 15 is 0 Å². The topological polar surface area (TPSA) is 128 Å². The van der Waals surface area contributed by atoms with Gasteiger partial charge >= 0.3 is 17.8 Å². The Morgan fingerprint density at radius 1 is 1.03 bits per heavy atom. The Morgan fingerprint density at radius 3 is 2.10 bits per heavy atom. The molecule has 0 unspecified atom stereocenters. The number of amides is 1. The minimum Gasteiger partial charge on any atom is -0.463 e. The van der Waals surface area contributed by atoms with E-state index in [1.165, 1.54) is 6.92 Å². The predicted molar refractivity (Wildman–Crippen MR) is 105 cm³/mol. The van der Waals surface area contributed by atoms with Crippen molar-refractivity contribution in [1.29, 1.82) is 0 Å². The Balaban J connectivity index is 2.43. The van der Waals surface area contributed by atoms with Gasteiger partial charge in [0.1, 0.15) is 0 Å². The summed E-state index contributed by atoms with van der Waals surface area (Å²) in [7, 11) is -4.08. The molecular weight excluding hydrogens is 439 g/mol. The Kier molecular flexibility index (Phi) is 7.28. The van der Waals surface area contributed by atoms with Crippen molar-refractivity contribution in [1.82, 2.24) is 5.32 Å². The van der Waals surface area contributed by atoms with Crippen molar-refractivity contribution in [3.8, 4) is 0 Å². The average molecular weight is 459 g/mol. The second-order valence-corrected chi connectivity index (χ2v) is 7.93. The number of rotatable bonds is 8. The van der Waals surface area contributed by atoms with Gasteiger partial charge in [-0.15, -0.1) is 0 Å². The maximum Gasteiger partial charge on any atom is 0.441 e. The number of hydrogen-bond acceptors (Lipinski definition) is 6. The third-order valence-electron chi connectivity index (χ3n) is 4.06. The molecule has 31 heavy (non-hydrogen) atoms. The van der Waals surface area contributed by atoms with E-state index in [1.54, 1.807) is 35.6 Å². The van der Waals surface area contributed by atoms with Gasteiger partial charge in [0.25, 0.3) is 0 Å². The van der Waals surface area contributed by atoms with Gasteiger partial charge < -0.3 is 15.4 Å². The summed E-state index contributed by atoms with van der Waals surface area (Å²) in [5, 5.41) is 8.62. The van der Waals surface area contributed by atoms with Gasteiger partial charge in [0.2, 0.25) is 15.9 Å². The van der Waals surface area contributed by atoms with Gasteiger partial charge in [-0.3, -0.25) is 4.79 Å². The molecule has 2 aromatic carbocycles. The lowest BCUT2D eigenvalue weighted by molar-refractivity contribution is -0.207. The summed E-state index contributed by atoms with van der Waals surface area (Å²) >= 11 is 0. The zero-order chi connectivity index (χ0) is 23.3. The molecule has 0 bridgehead atoms. The number of benzene rings is 2. The molecule has 0 aromatic heterocycles. The SMILES string of the molecule is CCOC(=O)[C@@](NC(=O)Cc1ccccc1)(Nc1ccc(S(N)(=O)=O)cc1)C(F)(F)F. The van der Waals surface area contributed by atoms with E-state index in [0.29, 0.717) is 5.56 Å². The molecule has 8 nitrogen and oxygen atoms in total. The lowest BCUT2D eigenvalue weighted by Gasteiger charge is -2.35. The van der Waals surface area contributed by atoms with Crippen LogP contribution < -0.4 is 15.8 Å². The summed E-state index contributed by atoms with van der Waals surface area (Å²) in [6.07, 6.45) is -5.74. The fourth-order valence-electron chi connectivity index (χ4n) is 2.61. The molecule has 4 N–H and O–H groups in total. The second-order valence-electron chi connectivity index (χ2n) is 6.37. The van der Waals surface area contributed by atoms with Crippen LogP contribution in [0.4, 0.5) is 18.9 Å². The summed E-state index contributed by atoms with van der Waals surface area (Å²) in [6, 6.07) is 11.8. The van der Waals surface area contributed by atoms with Crippen molar-refractivity contribution in [3.05, 3.63) is 60.2 Å². The Morgan fingerprint density at radius 2 is 1.61 bits per heavy atom. The normalized spacial score (nSPS) is 13.7. The Bertz CT molecular complexity index is 1030. The minimum atomic E-state index is -5.32. The van der Waals surface area contributed by atoms with Crippen LogP contribution in [0.15, 0.2) is 59.5 Å². The maximum atomic E-state index is 14.1. The first kappa shape index (κ1) is 24.2. The molecule has 12 heteroatoms. The van der Waals surface area contributed by atoms with E-state index in [-0.39, 0.29) is 17.2 Å². The zero-order valence-corrected chi connectivity index (χ0v) is 17.1. The molecule has 0 aliphatic rings. The van der Waals surface area contributed by atoms with Gasteiger partial charge in [-0.25, -0.2) is 18.4 Å². The summed E-state index contributed by atoms with van der Waals surface area (Å²) in [6.45, 7) is 0.934. The van der Waals surface area contributed by atoms with Gasteiger partial charge in [-0.1, -0.05) is 30.3 Å². The van der Waals surface area contributed by atoms with E-state index in [4.69, 9.17) is 5.14 Å². The van der Waals surface area contributed by atoms with Crippen LogP contribution in [-0.4, -0.2) is 38.7 Å². The fourth-order valence-corrected chi connectivity index (χ4v) is 3.12. The number of primary sulfonamides is 1. The van der Waals surface area contributed by atoms with Crippen molar-refractivity contribution < 1.29 is 35.9 Å². The fraction of sp³-hybridized carbons (Fsp3) is 0.263. The van der Waals surface area contributed by atoms with Gasteiger partial charge in [0.05, 0.1) is 17.9 Å². The lowest BCUT2D eigenvalue weighted by Crippen LogP contribution is -2.69. The molecule has 0 aliphatic carbocycles. The number of alkyl halides is 3. The predicted octanol–water partition coefficient (Wildman–Crippen LogP) is 1.93. The lowest BCUT2D eigenvalue weighted by atomic mass is 10.1. The average Bonchev–Trinajstić information content (AvgIpc) is 2.67. The van der Waals surface area contributed by atoms with Crippen LogP contribution in [0, 0.1) is 0 Å². The monoisotopic (exact) mass is 459 g/mol. The van der Waals surface area contributed by atoms with Crippen LogP contribution in [0.5, 0.6) is 0 Å². The van der Waals surface area contributed by atoms with Crippen LogP contribution in [0.2, 0.25) is 0 Å². The van der Waals surface area contributed by atoms with E-state index < -0.39 is 40.2 Å². The Hall–Kier alpha value is -3.12. The highest BCUT2D eigenvalue weighted by atomic mass is 32.2. The van der Waals surface area contributed by atoms with Crippen molar-refractivity contribution in [2.24, 2.45) is 5.14 Å². The molecule has 0 saturated heterocycles. The number of anilines is 1. The highest BCUT2D eigenvalue weighted by Gasteiger charge is 2.63. The highest BCUT2D eigenvalue weighted by molar-refractivity contribution is 7.89. The first-order chi connectivity index (χ1) is 14.4. The van der Waals surface area contributed by atoms with E-state index in [2.05, 4.69) is 4.74 Å². The number of sulfonamides is 1. The molecule has 0 fully saturated rings. The number of nitrogens with one attached hydrogen (secondary N) is 2. The molecule has 1 atom stereocenters. The number of ether oxygens (including phenoxy) is 1. The summed E-state index contributed by atoms with van der Waals surface area (Å²) in [5.74, 6) is -2.87. The third kappa shape index (κ3) is 5.95. The van der Waals surface area contributed by atoms with Crippen LogP contribution in [-0.2, 0) is 30.8 Å². The summed E-state index contributed by atoms with van der Waals surface area (Å²) in [5.41, 5.74) is -3.49. The first-order valence-corrected chi connectivity index (χ1v) is 10.4. The number of esters is 1. The molecule has 0 saturated carbocycles. The van der Waals surface area contributed by atoms with E-state index in [1.807, 2.05) is 5.32 Å². The van der Waals surface area contributed by atoms with Crippen molar-refractivity contribution in [2.75, 3.05) is 11.9 Å². The highest BCUT2D eigenvalue weighted by Crippen LogP contribution is 2.33. The number of halogens is 3. The molecule has 2 aromatic rings. The van der Waals surface area contributed by atoms with Crippen LogP contribution in [0.3, 0.4) is 0 Å². The number of carbonyl (C=O) groups is 2. The molecule has 168 valence electrons. The van der Waals surface area contributed by atoms with Crippen LogP contribution in [0.25, 0.3) is 0 Å². The molecule has 0 spiro atoms. The minimum absolute atomic E-state index is 0.308. The standard InChI is InChI=1S/C19H20F3N3O5S/c1-2-30-17(27)18(19(20,21)22,25-16(26)12-13-6-4-3-5-7-13)24-14-8-10-15(11-9-14)31(23,28)29/h3-11,24H,2,12H2,1H3,(H,25,26)(H2,23,28,29)/t18-/m0/s1. The molecule has 2 rings (SSSR count). The molecule has 1 amide bonds. The largest absolute Gasteiger partial charge is 0.463 e. The zero-order valence-electron chi connectivity index (χ0n) is 16.3. The molecular formula is C19H20F3N3O5S. The van der Waals surface area contributed by atoms with Crippen molar-refractivity contribution in [2.45, 2.75) is 30.1 Å². The third-order valence-corrected chi connectivity index (χ3v) is 4.99. The molecule has 0 aliphatic heterocycles. The van der Waals surface area contributed by atoms with Gasteiger partial charge in [-0.05, 0) is 36.8 Å². The van der Waals surface area contributed by atoms with Crippen molar-refractivity contribution >= 4 is 27.6 Å². The van der Waals surface area contributed by atoms with Gasteiger partial charge in [-0.2, -0.15) is 13.2 Å². The number of hydrogen-bond donors (Lipinski definition) is 3. The van der Waals surface area contributed by atoms with Gasteiger partial charge in [0, 0.05) is 5.69 Å². The van der Waals surface area contributed by atoms with Crippen LogP contribution >= 0.6 is 0 Å². The maximum absolute atomic E-state index is 14.1. The summed E-state index contributed by atoms with van der Waals surface area (Å²) < 4.78 is 69.6. The first-order valence-electron chi connectivity index (χ1n) is 8.89. The second kappa shape index (κ2) is 9.35. The smallest absolute Gasteiger partial charge is 0.441 e. The summed E-state index contributed by atoms with van der Waals surface area (Å²) in [4.78, 5) is 24.5. The number of nitrogens with two attached hydrogens (primary N) is 1. The van der Waals surface area contributed by atoms with Crippen LogP contribution in [0.1, 0.15) is 12.5 Å². The molecule has 0 heterocycles.